The van der Waals surface area contributed by atoms with E-state index in [9.17, 15) is 13.2 Å². The zero-order valence-electron chi connectivity index (χ0n) is 11.9. The van der Waals surface area contributed by atoms with Gasteiger partial charge in [-0.15, -0.1) is 0 Å². The fraction of sp³-hybridized carbons (Fsp3) is 0.0526. The van der Waals surface area contributed by atoms with Crippen molar-refractivity contribution >= 4 is 0 Å². The normalized spacial score (nSPS) is 10.7. The molecule has 0 fully saturated rings. The molecule has 3 heteroatoms. The first-order valence-electron chi connectivity index (χ1n) is 6.88. The Morgan fingerprint density at radius 1 is 0.682 bits per heavy atom. The molecule has 3 rings (SSSR count). The van der Waals surface area contributed by atoms with Crippen LogP contribution in [0.5, 0.6) is 0 Å². The number of rotatable bonds is 2. The molecule has 0 heterocycles. The third-order valence-corrected chi connectivity index (χ3v) is 3.59. The molecule has 22 heavy (non-hydrogen) atoms. The van der Waals surface area contributed by atoms with Gasteiger partial charge in [0.2, 0.25) is 0 Å². The van der Waals surface area contributed by atoms with Crippen LogP contribution in [-0.2, 0) is 0 Å². The maximum atomic E-state index is 14.4. The third kappa shape index (κ3) is 2.50. The number of aryl methyl sites for hydroxylation is 1. The Morgan fingerprint density at radius 2 is 1.32 bits per heavy atom. The van der Waals surface area contributed by atoms with E-state index in [-0.39, 0.29) is 5.56 Å². The van der Waals surface area contributed by atoms with Crippen molar-refractivity contribution in [2.45, 2.75) is 6.92 Å². The standard InChI is InChI=1S/C19H13F3/c1-12-7-9-14(10-8-12)17-15(13-5-3-2-4-6-13)11-16(20)18(21)19(17)22/h2-11H,1H3. The second kappa shape index (κ2) is 5.68. The molecule has 0 atom stereocenters. The van der Waals surface area contributed by atoms with Crippen molar-refractivity contribution in [3.63, 3.8) is 0 Å². The SMILES string of the molecule is Cc1ccc(-c2c(-c3ccccc3)cc(F)c(F)c2F)cc1. The zero-order chi connectivity index (χ0) is 15.7. The highest BCUT2D eigenvalue weighted by Gasteiger charge is 2.20. The van der Waals surface area contributed by atoms with Crippen LogP contribution in [0.2, 0.25) is 0 Å². The van der Waals surface area contributed by atoms with E-state index < -0.39 is 17.5 Å². The molecule has 0 spiro atoms. The quantitative estimate of drug-likeness (QED) is 0.529. The lowest BCUT2D eigenvalue weighted by molar-refractivity contribution is 0.449. The van der Waals surface area contributed by atoms with E-state index in [1.165, 1.54) is 0 Å². The molecule has 0 aliphatic rings. The summed E-state index contributed by atoms with van der Waals surface area (Å²) in [4.78, 5) is 0. The molecule has 0 aromatic heterocycles. The zero-order valence-corrected chi connectivity index (χ0v) is 11.9. The summed E-state index contributed by atoms with van der Waals surface area (Å²) in [6.07, 6.45) is 0. The average Bonchev–Trinajstić information content (AvgIpc) is 2.54. The van der Waals surface area contributed by atoms with Gasteiger partial charge in [0.15, 0.2) is 17.5 Å². The van der Waals surface area contributed by atoms with Gasteiger partial charge in [-0.2, -0.15) is 0 Å². The van der Waals surface area contributed by atoms with Crippen LogP contribution in [0.4, 0.5) is 13.2 Å². The smallest absolute Gasteiger partial charge is 0.195 e. The predicted molar refractivity (Wildman–Crippen MR) is 81.9 cm³/mol. The first-order valence-corrected chi connectivity index (χ1v) is 6.88. The van der Waals surface area contributed by atoms with Gasteiger partial charge >= 0.3 is 0 Å². The highest BCUT2D eigenvalue weighted by Crippen LogP contribution is 2.36. The highest BCUT2D eigenvalue weighted by molar-refractivity contribution is 5.84. The molecule has 0 aliphatic heterocycles. The Labute approximate surface area is 126 Å². The van der Waals surface area contributed by atoms with Crippen molar-refractivity contribution in [1.29, 1.82) is 0 Å². The van der Waals surface area contributed by atoms with Gasteiger partial charge in [-0.3, -0.25) is 0 Å². The first-order chi connectivity index (χ1) is 10.6. The van der Waals surface area contributed by atoms with E-state index >= 15 is 0 Å². The second-order valence-electron chi connectivity index (χ2n) is 5.14. The van der Waals surface area contributed by atoms with Gasteiger partial charge in [0.1, 0.15) is 0 Å². The molecule has 3 aromatic rings. The Hall–Kier alpha value is -2.55. The number of hydrogen-bond donors (Lipinski definition) is 0. The van der Waals surface area contributed by atoms with Crippen molar-refractivity contribution in [2.75, 3.05) is 0 Å². The molecule has 0 saturated carbocycles. The molecule has 0 unspecified atom stereocenters. The summed E-state index contributed by atoms with van der Waals surface area (Å²) in [6.45, 7) is 1.91. The minimum absolute atomic E-state index is 0.0742. The fourth-order valence-corrected chi connectivity index (χ4v) is 2.44. The molecule has 0 saturated heterocycles. The molecule has 0 bridgehead atoms. The summed E-state index contributed by atoms with van der Waals surface area (Å²) in [5.41, 5.74) is 2.57. The molecule has 0 radical (unpaired) electrons. The lowest BCUT2D eigenvalue weighted by Crippen LogP contribution is -1.98. The molecular weight excluding hydrogens is 285 g/mol. The highest BCUT2D eigenvalue weighted by atomic mass is 19.2. The van der Waals surface area contributed by atoms with E-state index in [2.05, 4.69) is 0 Å². The van der Waals surface area contributed by atoms with Gasteiger partial charge < -0.3 is 0 Å². The van der Waals surface area contributed by atoms with Gasteiger partial charge in [-0.05, 0) is 29.7 Å². The van der Waals surface area contributed by atoms with Crippen LogP contribution in [0, 0.1) is 24.4 Å². The van der Waals surface area contributed by atoms with Crippen molar-refractivity contribution in [3.8, 4) is 22.3 Å². The number of benzene rings is 3. The minimum Gasteiger partial charge on any atom is -0.204 e. The summed E-state index contributed by atoms with van der Waals surface area (Å²) in [5, 5.41) is 0. The van der Waals surface area contributed by atoms with E-state index in [4.69, 9.17) is 0 Å². The van der Waals surface area contributed by atoms with Crippen LogP contribution in [0.25, 0.3) is 22.3 Å². The van der Waals surface area contributed by atoms with Crippen LogP contribution in [-0.4, -0.2) is 0 Å². The van der Waals surface area contributed by atoms with E-state index in [1.54, 1.807) is 36.4 Å². The van der Waals surface area contributed by atoms with Gasteiger partial charge in [-0.1, -0.05) is 60.2 Å². The Balaban J connectivity index is 2.32. The predicted octanol–water partition coefficient (Wildman–Crippen LogP) is 5.75. The molecule has 0 nitrogen and oxygen atoms in total. The van der Waals surface area contributed by atoms with E-state index in [0.29, 0.717) is 16.7 Å². The molecule has 3 aromatic carbocycles. The molecular formula is C19H13F3. The minimum atomic E-state index is -1.45. The molecule has 0 N–H and O–H groups in total. The second-order valence-corrected chi connectivity index (χ2v) is 5.14. The fourth-order valence-electron chi connectivity index (χ4n) is 2.44. The molecule has 0 aliphatic carbocycles. The van der Waals surface area contributed by atoms with Gasteiger partial charge in [0.25, 0.3) is 0 Å². The largest absolute Gasteiger partial charge is 0.204 e. The Morgan fingerprint density at radius 3 is 1.95 bits per heavy atom. The maximum Gasteiger partial charge on any atom is 0.195 e. The van der Waals surface area contributed by atoms with Crippen LogP contribution < -0.4 is 0 Å². The lowest BCUT2D eigenvalue weighted by Gasteiger charge is -2.13. The van der Waals surface area contributed by atoms with Crippen LogP contribution in [0.15, 0.2) is 60.7 Å². The van der Waals surface area contributed by atoms with Crippen molar-refractivity contribution in [3.05, 3.63) is 83.7 Å². The van der Waals surface area contributed by atoms with E-state index in [1.807, 2.05) is 25.1 Å². The third-order valence-electron chi connectivity index (χ3n) is 3.59. The van der Waals surface area contributed by atoms with Gasteiger partial charge in [0, 0.05) is 5.56 Å². The summed E-state index contributed by atoms with van der Waals surface area (Å²) >= 11 is 0. The Kier molecular flexibility index (Phi) is 3.72. The van der Waals surface area contributed by atoms with E-state index in [0.717, 1.165) is 11.6 Å². The molecule has 0 amide bonds. The number of halogens is 3. The van der Waals surface area contributed by atoms with Crippen LogP contribution >= 0.6 is 0 Å². The topological polar surface area (TPSA) is 0 Å². The van der Waals surface area contributed by atoms with Crippen molar-refractivity contribution in [2.24, 2.45) is 0 Å². The van der Waals surface area contributed by atoms with Crippen LogP contribution in [0.3, 0.4) is 0 Å². The average molecular weight is 298 g/mol. The number of hydrogen-bond acceptors (Lipinski definition) is 0. The maximum absolute atomic E-state index is 14.4. The lowest BCUT2D eigenvalue weighted by atomic mass is 9.93. The Bertz CT molecular complexity index is 806. The summed E-state index contributed by atoms with van der Waals surface area (Å²) in [7, 11) is 0. The van der Waals surface area contributed by atoms with Crippen LogP contribution in [0.1, 0.15) is 5.56 Å². The summed E-state index contributed by atoms with van der Waals surface area (Å²) in [6, 6.07) is 16.9. The first kappa shape index (κ1) is 14.4. The van der Waals surface area contributed by atoms with Crippen molar-refractivity contribution < 1.29 is 13.2 Å². The summed E-state index contributed by atoms with van der Waals surface area (Å²) < 4.78 is 41.8. The molecule has 110 valence electrons. The monoisotopic (exact) mass is 298 g/mol. The summed E-state index contributed by atoms with van der Waals surface area (Å²) in [5.74, 6) is -3.80. The van der Waals surface area contributed by atoms with Gasteiger partial charge in [0.05, 0.1) is 0 Å². The van der Waals surface area contributed by atoms with Crippen molar-refractivity contribution in [1.82, 2.24) is 0 Å². The van der Waals surface area contributed by atoms with Gasteiger partial charge in [-0.25, -0.2) is 13.2 Å².